The number of halogens is 3. The van der Waals surface area contributed by atoms with Crippen LogP contribution in [-0.4, -0.2) is 6.04 Å². The highest BCUT2D eigenvalue weighted by molar-refractivity contribution is 7.99. The molecule has 0 saturated carbocycles. The minimum atomic E-state index is -0.924. The third-order valence-corrected chi connectivity index (χ3v) is 4.31. The second kappa shape index (κ2) is 6.33. The third-order valence-electron chi connectivity index (χ3n) is 2.84. The van der Waals surface area contributed by atoms with Crippen molar-refractivity contribution in [3.05, 3.63) is 65.5 Å². The summed E-state index contributed by atoms with van der Waals surface area (Å²) in [7, 11) is 0. The Bertz CT molecular complexity index is 601. The number of hydrogen-bond donors (Lipinski definition) is 1. The van der Waals surface area contributed by atoms with Gasteiger partial charge in [-0.15, -0.1) is 11.8 Å². The van der Waals surface area contributed by atoms with Gasteiger partial charge in [0.1, 0.15) is 5.82 Å². The molecule has 2 rings (SSSR count). The van der Waals surface area contributed by atoms with Crippen LogP contribution in [0.5, 0.6) is 0 Å². The van der Waals surface area contributed by atoms with Gasteiger partial charge < -0.3 is 5.73 Å². The standard InChI is InChI=1S/C15H14F3NS/c1-9(19)15(11-4-2-3-5-12(11)16)20-10-6-7-13(17)14(18)8-10/h2-9,15H,19H2,1H3. The van der Waals surface area contributed by atoms with Crippen molar-refractivity contribution in [1.82, 2.24) is 0 Å². The van der Waals surface area contributed by atoms with Gasteiger partial charge >= 0.3 is 0 Å². The molecular formula is C15H14F3NS. The molecule has 2 aromatic rings. The summed E-state index contributed by atoms with van der Waals surface area (Å²) in [6, 6.07) is 9.59. The molecule has 0 aliphatic carbocycles. The monoisotopic (exact) mass is 297 g/mol. The van der Waals surface area contributed by atoms with E-state index in [9.17, 15) is 13.2 Å². The van der Waals surface area contributed by atoms with Crippen molar-refractivity contribution in [1.29, 1.82) is 0 Å². The van der Waals surface area contributed by atoms with E-state index in [-0.39, 0.29) is 17.1 Å². The summed E-state index contributed by atoms with van der Waals surface area (Å²) in [6.07, 6.45) is 0. The zero-order valence-electron chi connectivity index (χ0n) is 10.8. The van der Waals surface area contributed by atoms with Gasteiger partial charge in [0.25, 0.3) is 0 Å². The molecule has 0 aromatic heterocycles. The van der Waals surface area contributed by atoms with Crippen LogP contribution < -0.4 is 5.73 Å². The maximum Gasteiger partial charge on any atom is 0.159 e. The lowest BCUT2D eigenvalue weighted by molar-refractivity contribution is 0.506. The first-order chi connectivity index (χ1) is 9.49. The maximum atomic E-state index is 13.8. The number of rotatable bonds is 4. The Kier molecular flexibility index (Phi) is 4.73. The molecule has 106 valence electrons. The van der Waals surface area contributed by atoms with E-state index in [1.807, 2.05) is 0 Å². The molecule has 0 amide bonds. The van der Waals surface area contributed by atoms with Crippen molar-refractivity contribution in [3.8, 4) is 0 Å². The summed E-state index contributed by atoms with van der Waals surface area (Å²) in [6.45, 7) is 1.75. The van der Waals surface area contributed by atoms with Crippen LogP contribution in [0.1, 0.15) is 17.7 Å². The van der Waals surface area contributed by atoms with Crippen LogP contribution in [0.2, 0.25) is 0 Å². The average molecular weight is 297 g/mol. The summed E-state index contributed by atoms with van der Waals surface area (Å²) >= 11 is 1.22. The van der Waals surface area contributed by atoms with Crippen molar-refractivity contribution in [3.63, 3.8) is 0 Å². The van der Waals surface area contributed by atoms with E-state index in [1.54, 1.807) is 25.1 Å². The van der Waals surface area contributed by atoms with Crippen molar-refractivity contribution in [2.24, 2.45) is 5.73 Å². The van der Waals surface area contributed by atoms with Crippen molar-refractivity contribution < 1.29 is 13.2 Å². The Labute approximate surface area is 120 Å². The van der Waals surface area contributed by atoms with Gasteiger partial charge in [-0.2, -0.15) is 0 Å². The van der Waals surface area contributed by atoms with Crippen molar-refractivity contribution >= 4 is 11.8 Å². The van der Waals surface area contributed by atoms with E-state index < -0.39 is 11.6 Å². The number of nitrogens with two attached hydrogens (primary N) is 1. The molecule has 5 heteroatoms. The summed E-state index contributed by atoms with van der Waals surface area (Å²) in [5, 5.41) is -0.374. The van der Waals surface area contributed by atoms with Crippen LogP contribution in [-0.2, 0) is 0 Å². The molecule has 0 saturated heterocycles. The number of hydrogen-bond acceptors (Lipinski definition) is 2. The lowest BCUT2D eigenvalue weighted by Crippen LogP contribution is -2.23. The first-order valence-electron chi connectivity index (χ1n) is 6.10. The summed E-state index contributed by atoms with van der Waals surface area (Å²) in [5.41, 5.74) is 6.35. The second-order valence-electron chi connectivity index (χ2n) is 4.49. The predicted octanol–water partition coefficient (Wildman–Crippen LogP) is 4.28. The van der Waals surface area contributed by atoms with Crippen LogP contribution in [0.3, 0.4) is 0 Å². The molecular weight excluding hydrogens is 283 g/mol. The molecule has 0 aliphatic rings. The predicted molar refractivity (Wildman–Crippen MR) is 75.0 cm³/mol. The average Bonchev–Trinajstić information content (AvgIpc) is 2.41. The molecule has 0 fully saturated rings. The maximum absolute atomic E-state index is 13.8. The van der Waals surface area contributed by atoms with Crippen molar-refractivity contribution in [2.75, 3.05) is 0 Å². The molecule has 0 aliphatic heterocycles. The van der Waals surface area contributed by atoms with E-state index >= 15 is 0 Å². The SMILES string of the molecule is CC(N)C(Sc1ccc(F)c(F)c1)c1ccccc1F. The van der Waals surface area contributed by atoms with E-state index in [1.165, 1.54) is 23.9 Å². The van der Waals surface area contributed by atoms with Gasteiger partial charge in [0.05, 0.1) is 5.25 Å². The first kappa shape index (κ1) is 14.9. The molecule has 0 bridgehead atoms. The van der Waals surface area contributed by atoms with Gasteiger partial charge in [-0.3, -0.25) is 0 Å². The van der Waals surface area contributed by atoms with Gasteiger partial charge in [-0.25, -0.2) is 13.2 Å². The van der Waals surface area contributed by atoms with Crippen molar-refractivity contribution in [2.45, 2.75) is 23.1 Å². The van der Waals surface area contributed by atoms with Crippen LogP contribution >= 0.6 is 11.8 Å². The quantitative estimate of drug-likeness (QED) is 0.852. The largest absolute Gasteiger partial charge is 0.327 e. The highest BCUT2D eigenvalue weighted by atomic mass is 32.2. The van der Waals surface area contributed by atoms with E-state index in [0.717, 1.165) is 12.1 Å². The fraction of sp³-hybridized carbons (Fsp3) is 0.200. The summed E-state index contributed by atoms with van der Waals surface area (Å²) in [5.74, 6) is -2.19. The zero-order chi connectivity index (χ0) is 14.7. The summed E-state index contributed by atoms with van der Waals surface area (Å²) in [4.78, 5) is 0.509. The zero-order valence-corrected chi connectivity index (χ0v) is 11.6. The Hall–Kier alpha value is -1.46. The molecule has 20 heavy (non-hydrogen) atoms. The van der Waals surface area contributed by atoms with Gasteiger partial charge in [0, 0.05) is 16.5 Å². The number of benzene rings is 2. The lowest BCUT2D eigenvalue weighted by Gasteiger charge is -2.21. The normalized spacial score (nSPS) is 14.1. The smallest absolute Gasteiger partial charge is 0.159 e. The topological polar surface area (TPSA) is 26.0 Å². The fourth-order valence-electron chi connectivity index (χ4n) is 1.86. The molecule has 2 aromatic carbocycles. The van der Waals surface area contributed by atoms with E-state index in [4.69, 9.17) is 5.73 Å². The molecule has 2 atom stereocenters. The minimum Gasteiger partial charge on any atom is -0.327 e. The van der Waals surface area contributed by atoms with Crippen LogP contribution in [0.25, 0.3) is 0 Å². The second-order valence-corrected chi connectivity index (χ2v) is 5.71. The lowest BCUT2D eigenvalue weighted by atomic mass is 10.1. The Morgan fingerprint density at radius 1 is 0.950 bits per heavy atom. The van der Waals surface area contributed by atoms with Gasteiger partial charge in [-0.1, -0.05) is 18.2 Å². The fourth-order valence-corrected chi connectivity index (χ4v) is 3.00. The highest BCUT2D eigenvalue weighted by Crippen LogP contribution is 2.38. The Balaban J connectivity index is 2.31. The number of thioether (sulfide) groups is 1. The van der Waals surface area contributed by atoms with Gasteiger partial charge in [-0.05, 0) is 31.2 Å². The van der Waals surface area contributed by atoms with Crippen LogP contribution in [0.15, 0.2) is 47.4 Å². The van der Waals surface area contributed by atoms with E-state index in [0.29, 0.717) is 10.5 Å². The molecule has 0 radical (unpaired) electrons. The summed E-state index contributed by atoms with van der Waals surface area (Å²) < 4.78 is 40.0. The Morgan fingerprint density at radius 2 is 1.65 bits per heavy atom. The highest BCUT2D eigenvalue weighted by Gasteiger charge is 2.21. The van der Waals surface area contributed by atoms with Crippen LogP contribution in [0.4, 0.5) is 13.2 Å². The molecule has 2 unspecified atom stereocenters. The Morgan fingerprint density at radius 3 is 2.25 bits per heavy atom. The van der Waals surface area contributed by atoms with Gasteiger partial charge in [0.15, 0.2) is 11.6 Å². The molecule has 2 N–H and O–H groups in total. The van der Waals surface area contributed by atoms with Crippen LogP contribution in [0, 0.1) is 17.5 Å². The third kappa shape index (κ3) is 3.35. The van der Waals surface area contributed by atoms with E-state index in [2.05, 4.69) is 0 Å². The molecule has 0 heterocycles. The molecule has 1 nitrogen and oxygen atoms in total. The minimum absolute atomic E-state index is 0.343. The first-order valence-corrected chi connectivity index (χ1v) is 6.98. The molecule has 0 spiro atoms. The van der Waals surface area contributed by atoms with Gasteiger partial charge in [0.2, 0.25) is 0 Å².